The Kier molecular flexibility index (Phi) is 9.73. The molecule has 0 aliphatic heterocycles. The van der Waals surface area contributed by atoms with Gasteiger partial charge in [-0.2, -0.15) is 0 Å². The zero-order valence-corrected chi connectivity index (χ0v) is 19.2. The van der Waals surface area contributed by atoms with E-state index in [0.29, 0.717) is 0 Å². The topological polar surface area (TPSA) is 22.1 Å². The molecule has 1 aromatic carbocycles. The quantitative estimate of drug-likeness (QED) is 0.330. The zero-order valence-electron chi connectivity index (χ0n) is 19.2. The van der Waals surface area contributed by atoms with Crippen LogP contribution in [0.15, 0.2) is 42.6 Å². The van der Waals surface area contributed by atoms with Crippen molar-refractivity contribution in [2.75, 3.05) is 6.61 Å². The lowest BCUT2D eigenvalue weighted by atomic mass is 9.77. The average Bonchev–Trinajstić information content (AvgIpc) is 2.81. The molecule has 2 nitrogen and oxygen atoms in total. The number of unbranched alkanes of at least 4 members (excludes halogenated alkanes) is 3. The first-order chi connectivity index (χ1) is 14.8. The zero-order chi connectivity index (χ0) is 21.0. The van der Waals surface area contributed by atoms with E-state index in [2.05, 4.69) is 49.2 Å². The van der Waals surface area contributed by atoms with Crippen LogP contribution in [0.4, 0.5) is 0 Å². The molecule has 1 saturated carbocycles. The van der Waals surface area contributed by atoms with Crippen molar-refractivity contribution in [2.45, 2.75) is 90.9 Å². The number of ether oxygens (including phenoxy) is 1. The van der Waals surface area contributed by atoms with E-state index in [1.807, 2.05) is 12.3 Å². The predicted molar refractivity (Wildman–Crippen MR) is 128 cm³/mol. The summed E-state index contributed by atoms with van der Waals surface area (Å²) in [6.07, 6.45) is 18.4. The van der Waals surface area contributed by atoms with Gasteiger partial charge in [0, 0.05) is 5.56 Å². The molecule has 1 fully saturated rings. The normalized spacial score (nSPS) is 19.0. The van der Waals surface area contributed by atoms with Crippen LogP contribution in [-0.2, 0) is 6.42 Å². The third-order valence-electron chi connectivity index (χ3n) is 6.73. The van der Waals surface area contributed by atoms with Crippen LogP contribution in [-0.4, -0.2) is 11.6 Å². The number of benzene rings is 1. The Morgan fingerprint density at radius 2 is 1.53 bits per heavy atom. The fourth-order valence-electron chi connectivity index (χ4n) is 4.74. The average molecular weight is 408 g/mol. The molecular weight excluding hydrogens is 366 g/mol. The van der Waals surface area contributed by atoms with Crippen molar-refractivity contribution in [2.24, 2.45) is 11.8 Å². The fourth-order valence-corrected chi connectivity index (χ4v) is 4.74. The Hall–Kier alpha value is -1.83. The van der Waals surface area contributed by atoms with Crippen LogP contribution >= 0.6 is 0 Å². The third kappa shape index (κ3) is 7.45. The number of pyridine rings is 1. The van der Waals surface area contributed by atoms with Crippen molar-refractivity contribution in [1.82, 2.24) is 4.98 Å². The molecule has 1 heterocycles. The summed E-state index contributed by atoms with van der Waals surface area (Å²) in [6.45, 7) is 5.16. The van der Waals surface area contributed by atoms with E-state index in [0.717, 1.165) is 36.3 Å². The van der Waals surface area contributed by atoms with E-state index in [1.54, 1.807) is 0 Å². The van der Waals surface area contributed by atoms with Gasteiger partial charge in [0.15, 0.2) is 0 Å². The van der Waals surface area contributed by atoms with Crippen molar-refractivity contribution < 1.29 is 4.74 Å². The molecule has 0 N–H and O–H groups in total. The fraction of sp³-hybridized carbons (Fsp3) is 0.607. The molecule has 1 aromatic heterocycles. The van der Waals surface area contributed by atoms with E-state index in [1.165, 1.54) is 81.8 Å². The van der Waals surface area contributed by atoms with Crippen molar-refractivity contribution in [3.63, 3.8) is 0 Å². The second-order valence-electron chi connectivity index (χ2n) is 9.20. The second-order valence-corrected chi connectivity index (χ2v) is 9.20. The van der Waals surface area contributed by atoms with Crippen LogP contribution in [0.2, 0.25) is 0 Å². The Bertz CT molecular complexity index is 698. The summed E-state index contributed by atoms with van der Waals surface area (Å²) >= 11 is 0. The van der Waals surface area contributed by atoms with E-state index >= 15 is 0 Å². The van der Waals surface area contributed by atoms with Gasteiger partial charge in [-0.25, -0.2) is 0 Å². The number of nitrogens with zero attached hydrogens (tertiary/aromatic N) is 1. The molecular formula is C28H41NO. The van der Waals surface area contributed by atoms with Crippen molar-refractivity contribution in [3.8, 4) is 17.0 Å². The van der Waals surface area contributed by atoms with Crippen molar-refractivity contribution in [3.05, 3.63) is 48.2 Å². The third-order valence-corrected chi connectivity index (χ3v) is 6.73. The first-order valence-electron chi connectivity index (χ1n) is 12.5. The molecule has 0 spiro atoms. The Morgan fingerprint density at radius 3 is 2.17 bits per heavy atom. The van der Waals surface area contributed by atoms with E-state index in [9.17, 15) is 0 Å². The van der Waals surface area contributed by atoms with Crippen LogP contribution in [0.5, 0.6) is 5.75 Å². The molecule has 1 aliphatic rings. The second kappa shape index (κ2) is 12.8. The lowest BCUT2D eigenvalue weighted by Crippen LogP contribution is -2.15. The summed E-state index contributed by atoms with van der Waals surface area (Å²) in [6, 6.07) is 13.1. The predicted octanol–water partition coefficient (Wildman–Crippen LogP) is 8.25. The van der Waals surface area contributed by atoms with Crippen molar-refractivity contribution in [1.29, 1.82) is 0 Å². The van der Waals surface area contributed by atoms with Gasteiger partial charge in [0.1, 0.15) is 5.75 Å². The minimum Gasteiger partial charge on any atom is -0.492 e. The highest BCUT2D eigenvalue weighted by Crippen LogP contribution is 2.34. The number of rotatable bonds is 12. The Labute approximate surface area is 184 Å². The highest BCUT2D eigenvalue weighted by molar-refractivity contribution is 5.59. The minimum absolute atomic E-state index is 0.746. The molecule has 0 saturated heterocycles. The van der Waals surface area contributed by atoms with Gasteiger partial charge in [-0.05, 0) is 48.8 Å². The van der Waals surface area contributed by atoms with E-state index in [-0.39, 0.29) is 0 Å². The molecule has 0 unspecified atom stereocenters. The summed E-state index contributed by atoms with van der Waals surface area (Å²) in [7, 11) is 0. The van der Waals surface area contributed by atoms with Crippen LogP contribution < -0.4 is 4.74 Å². The van der Waals surface area contributed by atoms with Crippen LogP contribution in [0.1, 0.15) is 90.0 Å². The van der Waals surface area contributed by atoms with Crippen LogP contribution in [0.3, 0.4) is 0 Å². The molecule has 0 atom stereocenters. The molecule has 0 radical (unpaired) electrons. The summed E-state index contributed by atoms with van der Waals surface area (Å²) < 4.78 is 5.63. The van der Waals surface area contributed by atoms with Gasteiger partial charge in [0.05, 0.1) is 18.5 Å². The molecule has 30 heavy (non-hydrogen) atoms. The largest absolute Gasteiger partial charge is 0.492 e. The molecule has 3 rings (SSSR count). The lowest BCUT2D eigenvalue weighted by molar-refractivity contribution is 0.249. The maximum Gasteiger partial charge on any atom is 0.137 e. The SMILES string of the molecule is CCCCCCC1CCC(CCc2ccc(-c3ccc(OCCC)cn3)cc2)CC1. The molecule has 1 aliphatic carbocycles. The van der Waals surface area contributed by atoms with Gasteiger partial charge in [-0.3, -0.25) is 4.98 Å². The first-order valence-corrected chi connectivity index (χ1v) is 12.5. The standard InChI is InChI=1S/C28H41NO/c1-3-5-6-7-8-23-9-11-24(12-10-23)13-14-25-15-17-26(18-16-25)28-20-19-27(22-29-28)30-21-4-2/h15-20,22-24H,3-14,21H2,1-2H3. The molecule has 2 heteroatoms. The minimum atomic E-state index is 0.746. The van der Waals surface area contributed by atoms with Crippen molar-refractivity contribution >= 4 is 0 Å². The highest BCUT2D eigenvalue weighted by atomic mass is 16.5. The summed E-state index contributed by atoms with van der Waals surface area (Å²) in [5.74, 6) is 2.81. The summed E-state index contributed by atoms with van der Waals surface area (Å²) in [5.41, 5.74) is 3.66. The van der Waals surface area contributed by atoms with Gasteiger partial charge < -0.3 is 4.74 Å². The van der Waals surface area contributed by atoms with Gasteiger partial charge in [0.25, 0.3) is 0 Å². The molecule has 164 valence electrons. The first kappa shape index (κ1) is 22.8. The van der Waals surface area contributed by atoms with Gasteiger partial charge in [-0.15, -0.1) is 0 Å². The number of hydrogen-bond donors (Lipinski definition) is 0. The monoisotopic (exact) mass is 407 g/mol. The number of aryl methyl sites for hydroxylation is 1. The maximum atomic E-state index is 5.63. The number of hydrogen-bond acceptors (Lipinski definition) is 2. The number of aromatic nitrogens is 1. The van der Waals surface area contributed by atoms with E-state index < -0.39 is 0 Å². The lowest BCUT2D eigenvalue weighted by Gasteiger charge is -2.28. The van der Waals surface area contributed by atoms with E-state index in [4.69, 9.17) is 4.74 Å². The molecule has 0 amide bonds. The maximum absolute atomic E-state index is 5.63. The summed E-state index contributed by atoms with van der Waals surface area (Å²) in [4.78, 5) is 4.56. The van der Waals surface area contributed by atoms with Gasteiger partial charge in [0.2, 0.25) is 0 Å². The van der Waals surface area contributed by atoms with Gasteiger partial charge in [-0.1, -0.05) is 95.9 Å². The van der Waals surface area contributed by atoms with Crippen LogP contribution in [0.25, 0.3) is 11.3 Å². The smallest absolute Gasteiger partial charge is 0.137 e. The van der Waals surface area contributed by atoms with Gasteiger partial charge >= 0.3 is 0 Å². The molecule has 2 aromatic rings. The molecule has 0 bridgehead atoms. The Morgan fingerprint density at radius 1 is 0.800 bits per heavy atom. The Balaban J connectivity index is 1.39. The highest BCUT2D eigenvalue weighted by Gasteiger charge is 2.20. The summed E-state index contributed by atoms with van der Waals surface area (Å²) in [5, 5.41) is 0. The van der Waals surface area contributed by atoms with Crippen LogP contribution in [0, 0.1) is 11.8 Å².